The molecule has 3 nitrogen and oxygen atoms in total. The van der Waals surface area contributed by atoms with Crippen molar-refractivity contribution in [3.05, 3.63) is 27.3 Å². The standard InChI is InChI=1S/C11H16INO2S/c1-3-4-7-13-16(14,15)10-6-5-9(2)11(12)8-10/h5-6,8,13H,3-4,7H2,1-2H3. The largest absolute Gasteiger partial charge is 0.240 e. The molecule has 0 atom stereocenters. The number of nitrogens with one attached hydrogen (secondary N) is 1. The molecular weight excluding hydrogens is 337 g/mol. The number of hydrogen-bond acceptors (Lipinski definition) is 2. The van der Waals surface area contributed by atoms with E-state index in [4.69, 9.17) is 0 Å². The third-order valence-corrected chi connectivity index (χ3v) is 4.90. The summed E-state index contributed by atoms with van der Waals surface area (Å²) in [6.07, 6.45) is 1.84. The van der Waals surface area contributed by atoms with E-state index < -0.39 is 10.0 Å². The molecular formula is C11H16INO2S. The molecule has 0 fully saturated rings. The van der Waals surface area contributed by atoms with Crippen molar-refractivity contribution < 1.29 is 8.42 Å². The van der Waals surface area contributed by atoms with Gasteiger partial charge in [0.1, 0.15) is 0 Å². The molecule has 0 heterocycles. The van der Waals surface area contributed by atoms with Gasteiger partial charge in [-0.15, -0.1) is 0 Å². The topological polar surface area (TPSA) is 46.2 Å². The van der Waals surface area contributed by atoms with Crippen molar-refractivity contribution in [1.82, 2.24) is 4.72 Å². The first-order valence-corrected chi connectivity index (χ1v) is 7.79. The van der Waals surface area contributed by atoms with E-state index in [9.17, 15) is 8.42 Å². The monoisotopic (exact) mass is 353 g/mol. The van der Waals surface area contributed by atoms with E-state index in [1.165, 1.54) is 0 Å². The van der Waals surface area contributed by atoms with Crippen molar-refractivity contribution in [2.45, 2.75) is 31.6 Å². The Morgan fingerprint density at radius 3 is 2.62 bits per heavy atom. The summed E-state index contributed by atoms with van der Waals surface area (Å²) >= 11 is 2.14. The molecule has 16 heavy (non-hydrogen) atoms. The molecule has 1 aromatic carbocycles. The fourth-order valence-electron chi connectivity index (χ4n) is 1.21. The van der Waals surface area contributed by atoms with E-state index in [2.05, 4.69) is 27.3 Å². The third-order valence-electron chi connectivity index (χ3n) is 2.28. The Kier molecular flexibility index (Phi) is 5.20. The molecule has 0 aromatic heterocycles. The fourth-order valence-corrected chi connectivity index (χ4v) is 3.03. The van der Waals surface area contributed by atoms with Gasteiger partial charge < -0.3 is 0 Å². The molecule has 0 aliphatic rings. The van der Waals surface area contributed by atoms with Crippen molar-refractivity contribution in [2.75, 3.05) is 6.54 Å². The first-order valence-electron chi connectivity index (χ1n) is 5.23. The van der Waals surface area contributed by atoms with Gasteiger partial charge in [-0.05, 0) is 53.6 Å². The van der Waals surface area contributed by atoms with Crippen LogP contribution in [0.5, 0.6) is 0 Å². The van der Waals surface area contributed by atoms with E-state index >= 15 is 0 Å². The molecule has 0 aliphatic carbocycles. The van der Waals surface area contributed by atoms with Gasteiger partial charge >= 0.3 is 0 Å². The molecule has 0 spiro atoms. The smallest absolute Gasteiger partial charge is 0.211 e. The Labute approximate surface area is 111 Å². The molecule has 5 heteroatoms. The summed E-state index contributed by atoms with van der Waals surface area (Å²) in [7, 11) is -3.33. The van der Waals surface area contributed by atoms with Gasteiger partial charge in [0, 0.05) is 10.1 Å². The molecule has 0 saturated heterocycles. The molecule has 0 amide bonds. The van der Waals surface area contributed by atoms with E-state index in [1.807, 2.05) is 19.9 Å². The lowest BCUT2D eigenvalue weighted by atomic mass is 10.2. The average molecular weight is 353 g/mol. The van der Waals surface area contributed by atoms with Gasteiger partial charge in [0.15, 0.2) is 0 Å². The van der Waals surface area contributed by atoms with Crippen LogP contribution in [0.15, 0.2) is 23.1 Å². The highest BCUT2D eigenvalue weighted by Gasteiger charge is 2.13. The van der Waals surface area contributed by atoms with Crippen molar-refractivity contribution in [2.24, 2.45) is 0 Å². The number of halogens is 1. The molecule has 0 saturated carbocycles. The Bertz CT molecular complexity index is 457. The third kappa shape index (κ3) is 3.71. The quantitative estimate of drug-likeness (QED) is 0.654. The minimum absolute atomic E-state index is 0.346. The van der Waals surface area contributed by atoms with Crippen LogP contribution >= 0.6 is 22.6 Å². The maximum absolute atomic E-state index is 11.9. The molecule has 1 aromatic rings. The van der Waals surface area contributed by atoms with Gasteiger partial charge in [-0.2, -0.15) is 0 Å². The maximum atomic E-state index is 11.9. The second kappa shape index (κ2) is 5.97. The van der Waals surface area contributed by atoms with Gasteiger partial charge in [-0.25, -0.2) is 13.1 Å². The maximum Gasteiger partial charge on any atom is 0.240 e. The Morgan fingerprint density at radius 2 is 2.06 bits per heavy atom. The number of sulfonamides is 1. The van der Waals surface area contributed by atoms with Gasteiger partial charge in [-0.3, -0.25) is 0 Å². The van der Waals surface area contributed by atoms with Crippen molar-refractivity contribution >= 4 is 32.6 Å². The van der Waals surface area contributed by atoms with E-state index in [0.717, 1.165) is 22.0 Å². The van der Waals surface area contributed by atoms with Crippen LogP contribution in [0.2, 0.25) is 0 Å². The second-order valence-electron chi connectivity index (χ2n) is 3.66. The summed E-state index contributed by atoms with van der Waals surface area (Å²) < 4.78 is 27.3. The predicted octanol–water partition coefficient (Wildman–Crippen LogP) is 2.68. The second-order valence-corrected chi connectivity index (χ2v) is 6.59. The van der Waals surface area contributed by atoms with Crippen LogP contribution in [-0.2, 0) is 10.0 Å². The fraction of sp³-hybridized carbons (Fsp3) is 0.455. The summed E-state index contributed by atoms with van der Waals surface area (Å²) in [6, 6.07) is 5.17. The predicted molar refractivity (Wildman–Crippen MR) is 74.0 cm³/mol. The highest BCUT2D eigenvalue weighted by Crippen LogP contribution is 2.17. The first-order chi connectivity index (χ1) is 7.47. The number of aryl methyl sites for hydroxylation is 1. The Morgan fingerprint density at radius 1 is 1.38 bits per heavy atom. The van der Waals surface area contributed by atoms with Crippen molar-refractivity contribution in [1.29, 1.82) is 0 Å². The SMILES string of the molecule is CCCCNS(=O)(=O)c1ccc(C)c(I)c1. The average Bonchev–Trinajstić information content (AvgIpc) is 2.22. The van der Waals surface area contributed by atoms with Gasteiger partial charge in [-0.1, -0.05) is 19.4 Å². The van der Waals surface area contributed by atoms with Crippen molar-refractivity contribution in [3.63, 3.8) is 0 Å². The highest BCUT2D eigenvalue weighted by atomic mass is 127. The lowest BCUT2D eigenvalue weighted by molar-refractivity contribution is 0.578. The first kappa shape index (κ1) is 13.9. The van der Waals surface area contributed by atoms with Crippen LogP contribution in [-0.4, -0.2) is 15.0 Å². The number of unbranched alkanes of at least 4 members (excludes halogenated alkanes) is 1. The van der Waals surface area contributed by atoms with Gasteiger partial charge in [0.05, 0.1) is 4.90 Å². The molecule has 90 valence electrons. The molecule has 1 rings (SSSR count). The summed E-state index contributed by atoms with van der Waals surface area (Å²) in [5.74, 6) is 0. The van der Waals surface area contributed by atoms with Crippen LogP contribution < -0.4 is 4.72 Å². The highest BCUT2D eigenvalue weighted by molar-refractivity contribution is 14.1. The summed E-state index contributed by atoms with van der Waals surface area (Å²) in [4.78, 5) is 0.346. The number of benzene rings is 1. The lowest BCUT2D eigenvalue weighted by Crippen LogP contribution is -2.24. The normalized spacial score (nSPS) is 11.7. The van der Waals surface area contributed by atoms with E-state index in [-0.39, 0.29) is 0 Å². The lowest BCUT2D eigenvalue weighted by Gasteiger charge is -2.07. The van der Waals surface area contributed by atoms with E-state index in [1.54, 1.807) is 12.1 Å². The van der Waals surface area contributed by atoms with Gasteiger partial charge in [0.2, 0.25) is 10.0 Å². The summed E-state index contributed by atoms with van der Waals surface area (Å²) in [5.41, 5.74) is 1.09. The van der Waals surface area contributed by atoms with E-state index in [0.29, 0.717) is 11.4 Å². The zero-order valence-corrected chi connectivity index (χ0v) is 12.4. The van der Waals surface area contributed by atoms with Crippen LogP contribution in [0, 0.1) is 10.5 Å². The zero-order valence-electron chi connectivity index (χ0n) is 9.46. The van der Waals surface area contributed by atoms with Crippen LogP contribution in [0.25, 0.3) is 0 Å². The number of rotatable bonds is 5. The Balaban J connectivity index is 2.86. The summed E-state index contributed by atoms with van der Waals surface area (Å²) in [6.45, 7) is 4.50. The van der Waals surface area contributed by atoms with Crippen molar-refractivity contribution in [3.8, 4) is 0 Å². The molecule has 0 radical (unpaired) electrons. The summed E-state index contributed by atoms with van der Waals surface area (Å²) in [5, 5.41) is 0. The molecule has 1 N–H and O–H groups in total. The molecule has 0 unspecified atom stereocenters. The Hall–Kier alpha value is -0.140. The zero-order chi connectivity index (χ0) is 12.2. The van der Waals surface area contributed by atoms with Crippen LogP contribution in [0.4, 0.5) is 0 Å². The number of hydrogen-bond donors (Lipinski definition) is 1. The molecule has 0 aliphatic heterocycles. The molecule has 0 bridgehead atoms. The van der Waals surface area contributed by atoms with Crippen LogP contribution in [0.1, 0.15) is 25.3 Å². The minimum Gasteiger partial charge on any atom is -0.211 e. The van der Waals surface area contributed by atoms with Gasteiger partial charge in [0.25, 0.3) is 0 Å². The minimum atomic E-state index is -3.33. The van der Waals surface area contributed by atoms with Crippen LogP contribution in [0.3, 0.4) is 0 Å².